The molecule has 0 N–H and O–H groups in total. The van der Waals surface area contributed by atoms with Crippen LogP contribution in [0.2, 0.25) is 0 Å². The number of rotatable bonds is 5. The molecule has 120 valence electrons. The van der Waals surface area contributed by atoms with Crippen molar-refractivity contribution in [2.75, 3.05) is 7.11 Å². The zero-order chi connectivity index (χ0) is 16.9. The lowest BCUT2D eigenvalue weighted by Gasteiger charge is -2.04. The molecule has 1 heterocycles. The van der Waals surface area contributed by atoms with Crippen molar-refractivity contribution < 1.29 is 9.53 Å². The quantitative estimate of drug-likeness (QED) is 0.533. The van der Waals surface area contributed by atoms with Gasteiger partial charge in [-0.2, -0.15) is 0 Å². The molecule has 3 rings (SSSR count). The SMILES string of the molecule is COc1ccc(-n2nnc(C(=O)/C=C/c3ccccc3)c2C)cc1. The van der Waals surface area contributed by atoms with E-state index in [1.165, 1.54) is 6.08 Å². The molecule has 0 aliphatic rings. The Hall–Kier alpha value is -3.21. The molecule has 0 amide bonds. The molecule has 0 aliphatic heterocycles. The zero-order valence-corrected chi connectivity index (χ0v) is 13.5. The fourth-order valence-electron chi connectivity index (χ4n) is 2.34. The third kappa shape index (κ3) is 3.25. The molecule has 0 spiro atoms. The van der Waals surface area contributed by atoms with E-state index in [1.807, 2.05) is 61.5 Å². The van der Waals surface area contributed by atoms with Crippen molar-refractivity contribution in [3.8, 4) is 11.4 Å². The van der Waals surface area contributed by atoms with E-state index in [0.717, 1.165) is 17.0 Å². The molecule has 5 heteroatoms. The lowest BCUT2D eigenvalue weighted by molar-refractivity contribution is 0.104. The van der Waals surface area contributed by atoms with Crippen LogP contribution in [-0.4, -0.2) is 27.9 Å². The number of ether oxygens (including phenoxy) is 1. The number of hydrogen-bond acceptors (Lipinski definition) is 4. The number of carbonyl (C=O) groups excluding carboxylic acids is 1. The van der Waals surface area contributed by atoms with E-state index in [-0.39, 0.29) is 5.78 Å². The van der Waals surface area contributed by atoms with Gasteiger partial charge in [0.1, 0.15) is 5.75 Å². The van der Waals surface area contributed by atoms with Crippen molar-refractivity contribution in [2.24, 2.45) is 0 Å². The van der Waals surface area contributed by atoms with Gasteiger partial charge in [-0.3, -0.25) is 4.79 Å². The molecule has 0 radical (unpaired) electrons. The van der Waals surface area contributed by atoms with Crippen molar-refractivity contribution in [1.29, 1.82) is 0 Å². The highest BCUT2D eigenvalue weighted by Crippen LogP contribution is 2.17. The third-order valence-electron chi connectivity index (χ3n) is 3.67. The number of hydrogen-bond donors (Lipinski definition) is 0. The minimum absolute atomic E-state index is 0.170. The van der Waals surface area contributed by atoms with Crippen LogP contribution < -0.4 is 4.74 Å². The van der Waals surface area contributed by atoms with Gasteiger partial charge in [-0.15, -0.1) is 5.10 Å². The van der Waals surface area contributed by atoms with Crippen LogP contribution in [0.5, 0.6) is 5.75 Å². The van der Waals surface area contributed by atoms with Crippen molar-refractivity contribution >= 4 is 11.9 Å². The summed E-state index contributed by atoms with van der Waals surface area (Å²) in [5, 5.41) is 8.12. The Labute approximate surface area is 140 Å². The largest absolute Gasteiger partial charge is 0.497 e. The maximum atomic E-state index is 12.4. The van der Waals surface area contributed by atoms with Crippen LogP contribution in [0, 0.1) is 6.92 Å². The minimum atomic E-state index is -0.170. The second kappa shape index (κ2) is 6.91. The van der Waals surface area contributed by atoms with Crippen LogP contribution in [0.15, 0.2) is 60.7 Å². The molecule has 1 aromatic heterocycles. The Bertz CT molecular complexity index is 865. The highest BCUT2D eigenvalue weighted by Gasteiger charge is 2.15. The van der Waals surface area contributed by atoms with Gasteiger partial charge in [0.2, 0.25) is 5.78 Å². The summed E-state index contributed by atoms with van der Waals surface area (Å²) in [6, 6.07) is 17.1. The summed E-state index contributed by atoms with van der Waals surface area (Å²) in [7, 11) is 1.62. The Morgan fingerprint density at radius 2 is 1.79 bits per heavy atom. The van der Waals surface area contributed by atoms with E-state index in [9.17, 15) is 4.79 Å². The van der Waals surface area contributed by atoms with Crippen LogP contribution in [0.3, 0.4) is 0 Å². The fourth-order valence-corrected chi connectivity index (χ4v) is 2.34. The van der Waals surface area contributed by atoms with Gasteiger partial charge in [-0.1, -0.05) is 41.6 Å². The predicted molar refractivity (Wildman–Crippen MR) is 92.5 cm³/mol. The van der Waals surface area contributed by atoms with Crippen LogP contribution in [-0.2, 0) is 0 Å². The number of methoxy groups -OCH3 is 1. The Morgan fingerprint density at radius 1 is 1.08 bits per heavy atom. The maximum absolute atomic E-state index is 12.4. The average molecular weight is 319 g/mol. The van der Waals surface area contributed by atoms with Gasteiger partial charge in [0.15, 0.2) is 5.69 Å². The van der Waals surface area contributed by atoms with E-state index >= 15 is 0 Å². The second-order valence-electron chi connectivity index (χ2n) is 5.24. The molecule has 0 fully saturated rings. The van der Waals surface area contributed by atoms with Crippen LogP contribution in [0.1, 0.15) is 21.7 Å². The average Bonchev–Trinajstić information content (AvgIpc) is 3.02. The van der Waals surface area contributed by atoms with Gasteiger partial charge < -0.3 is 4.74 Å². The number of allylic oxidation sites excluding steroid dienone is 1. The predicted octanol–water partition coefficient (Wildman–Crippen LogP) is 3.48. The van der Waals surface area contributed by atoms with E-state index in [1.54, 1.807) is 17.9 Å². The summed E-state index contributed by atoms with van der Waals surface area (Å²) >= 11 is 0. The molecule has 2 aromatic carbocycles. The van der Waals surface area contributed by atoms with E-state index in [2.05, 4.69) is 10.3 Å². The highest BCUT2D eigenvalue weighted by molar-refractivity contribution is 6.06. The molecule has 0 atom stereocenters. The molecule has 3 aromatic rings. The summed E-state index contributed by atoms with van der Waals surface area (Å²) in [6.07, 6.45) is 3.29. The standard InChI is InChI=1S/C19H17N3O2/c1-14-19(18(23)13-8-15-6-4-3-5-7-15)20-21-22(14)16-9-11-17(24-2)12-10-16/h3-13H,1-2H3/b13-8+. The Kier molecular flexibility index (Phi) is 4.52. The van der Waals surface area contributed by atoms with Crippen molar-refractivity contribution in [3.05, 3.63) is 77.6 Å². The number of carbonyl (C=O) groups is 1. The summed E-state index contributed by atoms with van der Waals surface area (Å²) < 4.78 is 6.79. The lowest BCUT2D eigenvalue weighted by Crippen LogP contribution is -2.01. The Morgan fingerprint density at radius 3 is 2.46 bits per heavy atom. The summed E-state index contributed by atoms with van der Waals surface area (Å²) in [6.45, 7) is 1.83. The first-order valence-corrected chi connectivity index (χ1v) is 7.53. The van der Waals surface area contributed by atoms with Crippen molar-refractivity contribution in [3.63, 3.8) is 0 Å². The third-order valence-corrected chi connectivity index (χ3v) is 3.67. The molecule has 0 saturated carbocycles. The van der Waals surface area contributed by atoms with E-state index in [4.69, 9.17) is 4.74 Å². The minimum Gasteiger partial charge on any atom is -0.497 e. The van der Waals surface area contributed by atoms with Gasteiger partial charge in [-0.05, 0) is 42.8 Å². The first-order chi connectivity index (χ1) is 11.7. The number of aromatic nitrogens is 3. The highest BCUT2D eigenvalue weighted by atomic mass is 16.5. The topological polar surface area (TPSA) is 57.0 Å². The summed E-state index contributed by atoms with van der Waals surface area (Å²) in [5.41, 5.74) is 2.83. The molecule has 0 aliphatic carbocycles. The number of benzene rings is 2. The molecular formula is C19H17N3O2. The molecule has 0 bridgehead atoms. The summed E-state index contributed by atoms with van der Waals surface area (Å²) in [5.74, 6) is 0.592. The van der Waals surface area contributed by atoms with Crippen LogP contribution >= 0.6 is 0 Å². The van der Waals surface area contributed by atoms with Gasteiger partial charge >= 0.3 is 0 Å². The first-order valence-electron chi connectivity index (χ1n) is 7.53. The monoisotopic (exact) mass is 319 g/mol. The van der Waals surface area contributed by atoms with Crippen molar-refractivity contribution in [1.82, 2.24) is 15.0 Å². The van der Waals surface area contributed by atoms with Crippen LogP contribution in [0.25, 0.3) is 11.8 Å². The van der Waals surface area contributed by atoms with Crippen LogP contribution in [0.4, 0.5) is 0 Å². The molecule has 24 heavy (non-hydrogen) atoms. The molecular weight excluding hydrogens is 302 g/mol. The van der Waals surface area contributed by atoms with Gasteiger partial charge in [0.25, 0.3) is 0 Å². The second-order valence-corrected chi connectivity index (χ2v) is 5.24. The smallest absolute Gasteiger partial charge is 0.208 e. The first kappa shape index (κ1) is 15.7. The molecule has 0 saturated heterocycles. The van der Waals surface area contributed by atoms with Gasteiger partial charge in [0, 0.05) is 0 Å². The fraction of sp³-hybridized carbons (Fsp3) is 0.105. The lowest BCUT2D eigenvalue weighted by atomic mass is 10.1. The van der Waals surface area contributed by atoms with E-state index in [0.29, 0.717) is 11.4 Å². The summed E-state index contributed by atoms with van der Waals surface area (Å²) in [4.78, 5) is 12.4. The van der Waals surface area contributed by atoms with Gasteiger partial charge in [-0.25, -0.2) is 4.68 Å². The number of nitrogens with zero attached hydrogens (tertiary/aromatic N) is 3. The maximum Gasteiger partial charge on any atom is 0.208 e. The number of ketones is 1. The van der Waals surface area contributed by atoms with Crippen molar-refractivity contribution in [2.45, 2.75) is 6.92 Å². The zero-order valence-electron chi connectivity index (χ0n) is 13.5. The molecule has 5 nitrogen and oxygen atoms in total. The Balaban J connectivity index is 1.83. The normalized spacial score (nSPS) is 10.9. The van der Waals surface area contributed by atoms with Gasteiger partial charge in [0.05, 0.1) is 18.5 Å². The molecule has 0 unspecified atom stereocenters. The van der Waals surface area contributed by atoms with E-state index < -0.39 is 0 Å².